The first-order valence-corrected chi connectivity index (χ1v) is 4.35. The first-order chi connectivity index (χ1) is 6.24. The summed E-state index contributed by atoms with van der Waals surface area (Å²) in [6.07, 6.45) is 3.43. The van der Waals surface area contributed by atoms with Crippen LogP contribution in [0.1, 0.15) is 18.5 Å². The first kappa shape index (κ1) is 9.59. The fourth-order valence-corrected chi connectivity index (χ4v) is 1.16. The zero-order valence-electron chi connectivity index (χ0n) is 8.04. The molecule has 4 nitrogen and oxygen atoms in total. The predicted molar refractivity (Wildman–Crippen MR) is 51.3 cm³/mol. The zero-order chi connectivity index (χ0) is 9.68. The fraction of sp³-hybridized carbons (Fsp3) is 0.556. The lowest BCUT2D eigenvalue weighted by Crippen LogP contribution is -2.00. The molecule has 0 atom stereocenters. The third-order valence-electron chi connectivity index (χ3n) is 1.79. The van der Waals surface area contributed by atoms with E-state index in [2.05, 4.69) is 16.5 Å². The maximum absolute atomic E-state index is 8.33. The smallest absolute Gasteiger partial charge is 0.0824 e. The van der Waals surface area contributed by atoms with E-state index >= 15 is 0 Å². The molecule has 0 amide bonds. The Kier molecular flexibility index (Phi) is 3.32. The van der Waals surface area contributed by atoms with E-state index in [0.29, 0.717) is 6.42 Å². The third-order valence-corrected chi connectivity index (χ3v) is 1.79. The van der Waals surface area contributed by atoms with Crippen molar-refractivity contribution < 1.29 is 0 Å². The molecule has 0 aliphatic rings. The Hall–Kier alpha value is -1.50. The lowest BCUT2D eigenvalue weighted by Gasteiger charge is -2.01. The zero-order valence-corrected chi connectivity index (χ0v) is 8.04. The Morgan fingerprint density at radius 2 is 2.46 bits per heavy atom. The number of nitriles is 1. The SMILES string of the molecule is Cc1nn(C)cc1NCCCC#N. The van der Waals surface area contributed by atoms with E-state index in [1.807, 2.05) is 20.2 Å². The van der Waals surface area contributed by atoms with Crippen molar-refractivity contribution in [2.24, 2.45) is 7.05 Å². The molecule has 1 aromatic heterocycles. The number of anilines is 1. The summed E-state index contributed by atoms with van der Waals surface area (Å²) in [6.45, 7) is 2.80. The molecule has 0 aliphatic carbocycles. The topological polar surface area (TPSA) is 53.6 Å². The van der Waals surface area contributed by atoms with Crippen molar-refractivity contribution in [3.05, 3.63) is 11.9 Å². The lowest BCUT2D eigenvalue weighted by atomic mass is 10.3. The molecule has 0 bridgehead atoms. The van der Waals surface area contributed by atoms with Crippen LogP contribution < -0.4 is 5.32 Å². The molecule has 0 aromatic carbocycles. The molecule has 1 aromatic rings. The van der Waals surface area contributed by atoms with Gasteiger partial charge in [-0.2, -0.15) is 10.4 Å². The van der Waals surface area contributed by atoms with Gasteiger partial charge in [0.1, 0.15) is 0 Å². The van der Waals surface area contributed by atoms with Crippen LogP contribution in [0.3, 0.4) is 0 Å². The van der Waals surface area contributed by atoms with Crippen LogP contribution in [-0.2, 0) is 7.05 Å². The summed E-state index contributed by atoms with van der Waals surface area (Å²) >= 11 is 0. The van der Waals surface area contributed by atoms with Crippen LogP contribution in [0.5, 0.6) is 0 Å². The van der Waals surface area contributed by atoms with Crippen LogP contribution in [0.25, 0.3) is 0 Å². The van der Waals surface area contributed by atoms with Crippen molar-refractivity contribution in [3.63, 3.8) is 0 Å². The molecule has 0 radical (unpaired) electrons. The molecular formula is C9H14N4. The van der Waals surface area contributed by atoms with Crippen LogP contribution >= 0.6 is 0 Å². The van der Waals surface area contributed by atoms with Gasteiger partial charge < -0.3 is 5.32 Å². The number of aryl methyl sites for hydroxylation is 2. The van der Waals surface area contributed by atoms with E-state index in [1.54, 1.807) is 4.68 Å². The molecule has 13 heavy (non-hydrogen) atoms. The normalized spacial score (nSPS) is 9.62. The average molecular weight is 178 g/mol. The van der Waals surface area contributed by atoms with Crippen molar-refractivity contribution in [1.82, 2.24) is 9.78 Å². The number of rotatable bonds is 4. The van der Waals surface area contributed by atoms with E-state index in [0.717, 1.165) is 24.3 Å². The van der Waals surface area contributed by atoms with Crippen LogP contribution in [-0.4, -0.2) is 16.3 Å². The minimum Gasteiger partial charge on any atom is -0.382 e. The molecule has 1 N–H and O–H groups in total. The first-order valence-electron chi connectivity index (χ1n) is 4.35. The quantitative estimate of drug-likeness (QED) is 0.710. The number of nitrogens with one attached hydrogen (secondary N) is 1. The van der Waals surface area contributed by atoms with Crippen molar-refractivity contribution in [2.75, 3.05) is 11.9 Å². The second kappa shape index (κ2) is 4.51. The standard InChI is InChI=1S/C9H14N4/c1-8-9(7-13(2)12-8)11-6-4-3-5-10/h7,11H,3-4,6H2,1-2H3. The van der Waals surface area contributed by atoms with E-state index < -0.39 is 0 Å². The molecule has 0 unspecified atom stereocenters. The fourth-order valence-electron chi connectivity index (χ4n) is 1.16. The summed E-state index contributed by atoms with van der Waals surface area (Å²) in [5.74, 6) is 0. The van der Waals surface area contributed by atoms with E-state index in [9.17, 15) is 0 Å². The maximum Gasteiger partial charge on any atom is 0.0824 e. The van der Waals surface area contributed by atoms with Crippen LogP contribution in [0, 0.1) is 18.3 Å². The van der Waals surface area contributed by atoms with Gasteiger partial charge in [-0.1, -0.05) is 0 Å². The third kappa shape index (κ3) is 2.79. The van der Waals surface area contributed by atoms with Gasteiger partial charge in [0.25, 0.3) is 0 Å². The molecule has 0 saturated heterocycles. The second-order valence-electron chi connectivity index (χ2n) is 2.99. The van der Waals surface area contributed by atoms with Crippen molar-refractivity contribution >= 4 is 5.69 Å². The number of nitrogens with zero attached hydrogens (tertiary/aromatic N) is 3. The van der Waals surface area contributed by atoms with Gasteiger partial charge >= 0.3 is 0 Å². The monoisotopic (exact) mass is 178 g/mol. The van der Waals surface area contributed by atoms with Gasteiger partial charge in [0.05, 0.1) is 17.5 Å². The largest absolute Gasteiger partial charge is 0.382 e. The molecule has 1 rings (SSSR count). The van der Waals surface area contributed by atoms with Gasteiger partial charge in [0, 0.05) is 26.2 Å². The summed E-state index contributed by atoms with van der Waals surface area (Å²) in [7, 11) is 1.90. The van der Waals surface area contributed by atoms with Crippen molar-refractivity contribution in [2.45, 2.75) is 19.8 Å². The molecular weight excluding hydrogens is 164 g/mol. The Bertz CT molecular complexity index is 308. The minimum absolute atomic E-state index is 0.603. The summed E-state index contributed by atoms with van der Waals surface area (Å²) in [5, 5.41) is 15.8. The Labute approximate surface area is 78.2 Å². The van der Waals surface area contributed by atoms with Crippen LogP contribution in [0.4, 0.5) is 5.69 Å². The van der Waals surface area contributed by atoms with Crippen LogP contribution in [0.2, 0.25) is 0 Å². The van der Waals surface area contributed by atoms with Gasteiger partial charge in [-0.3, -0.25) is 4.68 Å². The minimum atomic E-state index is 0.603. The predicted octanol–water partition coefficient (Wildman–Crippen LogP) is 1.44. The molecule has 0 spiro atoms. The molecule has 0 fully saturated rings. The van der Waals surface area contributed by atoms with Gasteiger partial charge in [0.15, 0.2) is 0 Å². The van der Waals surface area contributed by atoms with Crippen molar-refractivity contribution in [3.8, 4) is 6.07 Å². The average Bonchev–Trinajstić information content (AvgIpc) is 2.39. The van der Waals surface area contributed by atoms with Crippen LogP contribution in [0.15, 0.2) is 6.20 Å². The highest BCUT2D eigenvalue weighted by molar-refractivity contribution is 5.45. The molecule has 0 aliphatic heterocycles. The summed E-state index contributed by atoms with van der Waals surface area (Å²) < 4.78 is 1.78. The number of hydrogen-bond acceptors (Lipinski definition) is 3. The highest BCUT2D eigenvalue weighted by Crippen LogP contribution is 2.10. The number of hydrogen-bond donors (Lipinski definition) is 1. The lowest BCUT2D eigenvalue weighted by molar-refractivity contribution is 0.756. The summed E-state index contributed by atoms with van der Waals surface area (Å²) in [5.41, 5.74) is 2.06. The number of unbranched alkanes of at least 4 members (excludes halogenated alkanes) is 1. The van der Waals surface area contributed by atoms with E-state index in [4.69, 9.17) is 5.26 Å². The highest BCUT2D eigenvalue weighted by atomic mass is 15.3. The van der Waals surface area contributed by atoms with Gasteiger partial charge in [-0.05, 0) is 13.3 Å². The van der Waals surface area contributed by atoms with Gasteiger partial charge in [0.2, 0.25) is 0 Å². The second-order valence-corrected chi connectivity index (χ2v) is 2.99. The van der Waals surface area contributed by atoms with Crippen molar-refractivity contribution in [1.29, 1.82) is 5.26 Å². The highest BCUT2D eigenvalue weighted by Gasteiger charge is 2.00. The number of aromatic nitrogens is 2. The summed E-state index contributed by atoms with van der Waals surface area (Å²) in [6, 6.07) is 2.11. The molecule has 70 valence electrons. The Morgan fingerprint density at radius 1 is 1.69 bits per heavy atom. The van der Waals surface area contributed by atoms with E-state index in [-0.39, 0.29) is 0 Å². The Morgan fingerprint density at radius 3 is 3.00 bits per heavy atom. The maximum atomic E-state index is 8.33. The Balaban J connectivity index is 2.37. The molecule has 0 saturated carbocycles. The van der Waals surface area contributed by atoms with E-state index in [1.165, 1.54) is 0 Å². The van der Waals surface area contributed by atoms with Gasteiger partial charge in [-0.15, -0.1) is 0 Å². The summed E-state index contributed by atoms with van der Waals surface area (Å²) in [4.78, 5) is 0. The molecule has 1 heterocycles. The molecule has 4 heteroatoms. The van der Waals surface area contributed by atoms with Gasteiger partial charge in [-0.25, -0.2) is 0 Å².